The highest BCUT2D eigenvalue weighted by atomic mass is 19.1. The average molecular weight is 501 g/mol. The standard InChI is InChI=1S/C25H33FN6O4/c1-6-36-22(33)25(3)16-31(12-13-32(25)24(35)30(4)5)15-18-8-7-9-20(21(18)26)29-23(34)28-19-11-10-17(2)27-14-19/h7-11,14H,6,12-13,15-16H2,1-5H3,(H2,28,29,34)/t25-/m0/s1. The number of carbonyl (C=O) groups excluding carboxylic acids is 3. The van der Waals surface area contributed by atoms with Crippen LogP contribution in [0.3, 0.4) is 0 Å². The van der Waals surface area contributed by atoms with E-state index in [-0.39, 0.29) is 38.0 Å². The number of nitrogens with zero attached hydrogens (tertiary/aromatic N) is 4. The molecule has 36 heavy (non-hydrogen) atoms. The number of pyridine rings is 1. The predicted octanol–water partition coefficient (Wildman–Crippen LogP) is 3.29. The Morgan fingerprint density at radius 2 is 1.92 bits per heavy atom. The number of amides is 4. The lowest BCUT2D eigenvalue weighted by atomic mass is 9.95. The van der Waals surface area contributed by atoms with Crippen LogP contribution in [0, 0.1) is 12.7 Å². The molecule has 2 N–H and O–H groups in total. The molecule has 0 saturated carbocycles. The highest BCUT2D eigenvalue weighted by molar-refractivity contribution is 5.99. The van der Waals surface area contributed by atoms with E-state index in [4.69, 9.17) is 4.74 Å². The average Bonchev–Trinajstić information content (AvgIpc) is 2.83. The lowest BCUT2D eigenvalue weighted by Gasteiger charge is -2.47. The van der Waals surface area contributed by atoms with Crippen molar-refractivity contribution < 1.29 is 23.5 Å². The second-order valence-electron chi connectivity index (χ2n) is 9.08. The third-order valence-electron chi connectivity index (χ3n) is 5.99. The molecule has 1 fully saturated rings. The maximum atomic E-state index is 15.3. The van der Waals surface area contributed by atoms with Gasteiger partial charge >= 0.3 is 18.0 Å². The number of halogens is 1. The largest absolute Gasteiger partial charge is 0.464 e. The van der Waals surface area contributed by atoms with E-state index in [0.29, 0.717) is 17.8 Å². The van der Waals surface area contributed by atoms with E-state index < -0.39 is 23.4 Å². The Kier molecular flexibility index (Phi) is 8.46. The number of hydrogen-bond acceptors (Lipinski definition) is 6. The van der Waals surface area contributed by atoms with E-state index in [9.17, 15) is 14.4 Å². The highest BCUT2D eigenvalue weighted by Crippen LogP contribution is 2.27. The van der Waals surface area contributed by atoms with Gasteiger partial charge in [0.05, 0.1) is 24.2 Å². The summed E-state index contributed by atoms with van der Waals surface area (Å²) in [6.45, 7) is 6.46. The van der Waals surface area contributed by atoms with E-state index in [2.05, 4.69) is 15.6 Å². The van der Waals surface area contributed by atoms with E-state index in [1.807, 2.05) is 11.8 Å². The van der Waals surface area contributed by atoms with Crippen molar-refractivity contribution in [2.45, 2.75) is 32.9 Å². The van der Waals surface area contributed by atoms with Crippen LogP contribution in [0.5, 0.6) is 0 Å². The van der Waals surface area contributed by atoms with Gasteiger partial charge in [-0.1, -0.05) is 12.1 Å². The Labute approximate surface area is 210 Å². The van der Waals surface area contributed by atoms with Crippen LogP contribution in [-0.4, -0.2) is 83.6 Å². The number of aryl methyl sites for hydroxylation is 1. The summed E-state index contributed by atoms with van der Waals surface area (Å²) in [6.07, 6.45) is 1.52. The molecule has 1 saturated heterocycles. The zero-order valence-corrected chi connectivity index (χ0v) is 21.3. The van der Waals surface area contributed by atoms with Crippen LogP contribution in [0.4, 0.5) is 25.4 Å². The molecule has 0 radical (unpaired) electrons. The molecule has 1 aliphatic heterocycles. The van der Waals surface area contributed by atoms with Gasteiger partial charge in [0.1, 0.15) is 0 Å². The molecule has 0 unspecified atom stereocenters. The van der Waals surface area contributed by atoms with Crippen LogP contribution in [-0.2, 0) is 16.1 Å². The summed E-state index contributed by atoms with van der Waals surface area (Å²) in [5.74, 6) is -1.08. The Morgan fingerprint density at radius 1 is 1.17 bits per heavy atom. The molecule has 1 aliphatic rings. The van der Waals surface area contributed by atoms with Crippen molar-refractivity contribution in [1.29, 1.82) is 0 Å². The summed E-state index contributed by atoms with van der Waals surface area (Å²) in [7, 11) is 3.25. The van der Waals surface area contributed by atoms with Crippen molar-refractivity contribution >= 4 is 29.4 Å². The number of benzene rings is 1. The molecule has 1 atom stereocenters. The SMILES string of the molecule is CCOC(=O)[C@]1(C)CN(Cc2cccc(NC(=O)Nc3ccc(C)nc3)c2F)CCN1C(=O)N(C)C. The Morgan fingerprint density at radius 3 is 2.56 bits per heavy atom. The maximum absolute atomic E-state index is 15.3. The fourth-order valence-electron chi connectivity index (χ4n) is 4.10. The molecule has 1 aromatic heterocycles. The van der Waals surface area contributed by atoms with Gasteiger partial charge in [-0.2, -0.15) is 0 Å². The molecule has 4 amide bonds. The Hall–Kier alpha value is -3.73. The normalized spacial score (nSPS) is 17.9. The van der Waals surface area contributed by atoms with Crippen LogP contribution in [0.15, 0.2) is 36.5 Å². The van der Waals surface area contributed by atoms with Gasteiger partial charge in [-0.15, -0.1) is 0 Å². The summed E-state index contributed by atoms with van der Waals surface area (Å²) in [6, 6.07) is 7.32. The summed E-state index contributed by atoms with van der Waals surface area (Å²) in [5.41, 5.74) is 0.441. The Bertz CT molecular complexity index is 1110. The van der Waals surface area contributed by atoms with Gasteiger partial charge in [0.2, 0.25) is 0 Å². The quantitative estimate of drug-likeness (QED) is 0.590. The van der Waals surface area contributed by atoms with Gasteiger partial charge in [0.15, 0.2) is 11.4 Å². The monoisotopic (exact) mass is 500 g/mol. The van der Waals surface area contributed by atoms with Crippen LogP contribution >= 0.6 is 0 Å². The topological polar surface area (TPSA) is 107 Å². The number of esters is 1. The van der Waals surface area contributed by atoms with Gasteiger partial charge in [-0.3, -0.25) is 9.88 Å². The number of ether oxygens (including phenoxy) is 1. The van der Waals surface area contributed by atoms with E-state index in [1.54, 1.807) is 52.2 Å². The summed E-state index contributed by atoms with van der Waals surface area (Å²) in [5, 5.41) is 5.16. The number of carbonyl (C=O) groups is 3. The molecule has 3 rings (SSSR count). The fraction of sp³-hybridized carbons (Fsp3) is 0.440. The summed E-state index contributed by atoms with van der Waals surface area (Å²) < 4.78 is 20.6. The first kappa shape index (κ1) is 26.9. The molecule has 10 nitrogen and oxygen atoms in total. The molecule has 1 aromatic carbocycles. The molecule has 0 spiro atoms. The molecule has 0 bridgehead atoms. The number of hydrogen-bond donors (Lipinski definition) is 2. The predicted molar refractivity (Wildman–Crippen MR) is 134 cm³/mol. The van der Waals surface area contributed by atoms with Crippen LogP contribution in [0.25, 0.3) is 0 Å². The molecule has 0 aliphatic carbocycles. The highest BCUT2D eigenvalue weighted by Gasteiger charge is 2.48. The number of piperazine rings is 1. The molecule has 11 heteroatoms. The van der Waals surface area contributed by atoms with Crippen molar-refractivity contribution in [3.63, 3.8) is 0 Å². The van der Waals surface area contributed by atoms with Crippen molar-refractivity contribution in [2.75, 3.05) is 51.0 Å². The van der Waals surface area contributed by atoms with E-state index in [1.165, 1.54) is 22.1 Å². The van der Waals surface area contributed by atoms with Gasteiger partial charge in [-0.05, 0) is 39.0 Å². The first-order chi connectivity index (χ1) is 17.0. The van der Waals surface area contributed by atoms with E-state index in [0.717, 1.165) is 5.69 Å². The van der Waals surface area contributed by atoms with Crippen molar-refractivity contribution in [3.05, 3.63) is 53.6 Å². The van der Waals surface area contributed by atoms with Gasteiger partial charge in [0.25, 0.3) is 0 Å². The third kappa shape index (κ3) is 6.09. The summed E-state index contributed by atoms with van der Waals surface area (Å²) in [4.78, 5) is 46.9. The van der Waals surface area contributed by atoms with Crippen LogP contribution in [0.1, 0.15) is 25.1 Å². The van der Waals surface area contributed by atoms with Crippen molar-refractivity contribution in [2.24, 2.45) is 0 Å². The first-order valence-corrected chi connectivity index (χ1v) is 11.7. The minimum atomic E-state index is -1.23. The molecule has 194 valence electrons. The third-order valence-corrected chi connectivity index (χ3v) is 5.99. The molecular weight excluding hydrogens is 467 g/mol. The molecular formula is C25H33FN6O4. The van der Waals surface area contributed by atoms with Gasteiger partial charge in [-0.25, -0.2) is 18.8 Å². The Balaban J connectivity index is 1.73. The zero-order chi connectivity index (χ0) is 26.5. The number of nitrogens with one attached hydrogen (secondary N) is 2. The minimum Gasteiger partial charge on any atom is -0.464 e. The first-order valence-electron chi connectivity index (χ1n) is 11.7. The second-order valence-corrected chi connectivity index (χ2v) is 9.08. The zero-order valence-electron chi connectivity index (χ0n) is 21.3. The lowest BCUT2D eigenvalue weighted by molar-refractivity contribution is -0.159. The maximum Gasteiger partial charge on any atom is 0.333 e. The van der Waals surface area contributed by atoms with Gasteiger partial charge in [0, 0.05) is 51.5 Å². The smallest absolute Gasteiger partial charge is 0.333 e. The number of anilines is 2. The summed E-state index contributed by atoms with van der Waals surface area (Å²) >= 11 is 0. The lowest BCUT2D eigenvalue weighted by Crippen LogP contribution is -2.67. The second kappa shape index (κ2) is 11.3. The molecule has 2 aromatic rings. The van der Waals surface area contributed by atoms with Crippen LogP contribution in [0.2, 0.25) is 0 Å². The minimum absolute atomic E-state index is 0.0275. The van der Waals surface area contributed by atoms with E-state index >= 15 is 4.39 Å². The number of urea groups is 2. The van der Waals surface area contributed by atoms with Gasteiger partial charge < -0.3 is 25.2 Å². The molecule has 2 heterocycles. The van der Waals surface area contributed by atoms with Crippen molar-refractivity contribution in [1.82, 2.24) is 19.7 Å². The number of aromatic nitrogens is 1. The van der Waals surface area contributed by atoms with Crippen molar-refractivity contribution in [3.8, 4) is 0 Å². The van der Waals surface area contributed by atoms with Crippen LogP contribution < -0.4 is 10.6 Å². The number of rotatable bonds is 6. The fourth-order valence-corrected chi connectivity index (χ4v) is 4.10.